The normalized spacial score (nSPS) is 15.1. The van der Waals surface area contributed by atoms with Crippen molar-refractivity contribution >= 4 is 29.1 Å². The third-order valence-electron chi connectivity index (χ3n) is 4.70. The second-order valence-corrected chi connectivity index (χ2v) is 6.96. The minimum atomic E-state index is -0.0871. The molecule has 1 fully saturated rings. The minimum absolute atomic E-state index is 0.0271. The molecule has 0 radical (unpaired) electrons. The van der Waals surface area contributed by atoms with Gasteiger partial charge in [-0.05, 0) is 37.8 Å². The fourth-order valence-electron chi connectivity index (χ4n) is 3.04. The summed E-state index contributed by atoms with van der Waals surface area (Å²) in [4.78, 5) is 26.5. The van der Waals surface area contributed by atoms with Crippen LogP contribution in [-0.4, -0.2) is 36.9 Å². The number of carbonyl (C=O) groups excluding carboxylic acids is 2. The molecular formula is C19H27ClN2O3. The van der Waals surface area contributed by atoms with Crippen LogP contribution in [0.25, 0.3) is 0 Å². The number of likely N-dealkylation sites (tertiary alicyclic amines) is 1. The largest absolute Gasteiger partial charge is 0.495 e. The lowest BCUT2D eigenvalue weighted by atomic mass is 9.95. The highest BCUT2D eigenvalue weighted by Crippen LogP contribution is 2.32. The molecule has 6 heteroatoms. The number of halogens is 1. The standard InChI is InChI=1S/C19H27ClN2O3/c1-4-5-6-18(23)22-9-7-14(8-10-22)19(24)21-16-11-13(2)15(20)12-17(16)25-3/h11-12,14H,4-10H2,1-3H3,(H,21,24). The van der Waals surface area contributed by atoms with Gasteiger partial charge in [-0.3, -0.25) is 9.59 Å². The summed E-state index contributed by atoms with van der Waals surface area (Å²) in [5.41, 5.74) is 1.52. The van der Waals surface area contributed by atoms with E-state index >= 15 is 0 Å². The fourth-order valence-corrected chi connectivity index (χ4v) is 3.20. The van der Waals surface area contributed by atoms with Crippen molar-refractivity contribution in [3.05, 3.63) is 22.7 Å². The number of amides is 2. The van der Waals surface area contributed by atoms with Gasteiger partial charge in [0.15, 0.2) is 0 Å². The molecule has 5 nitrogen and oxygen atoms in total. The Balaban J connectivity index is 1.93. The average molecular weight is 367 g/mol. The van der Waals surface area contributed by atoms with Crippen molar-refractivity contribution < 1.29 is 14.3 Å². The molecule has 1 heterocycles. The number of benzene rings is 1. The molecule has 1 aliphatic rings. The van der Waals surface area contributed by atoms with Crippen molar-refractivity contribution in [3.8, 4) is 5.75 Å². The summed E-state index contributed by atoms with van der Waals surface area (Å²) in [6.45, 7) is 5.27. The van der Waals surface area contributed by atoms with Crippen LogP contribution in [0.15, 0.2) is 12.1 Å². The van der Waals surface area contributed by atoms with Crippen LogP contribution in [0.4, 0.5) is 5.69 Å². The minimum Gasteiger partial charge on any atom is -0.495 e. The molecule has 0 atom stereocenters. The van der Waals surface area contributed by atoms with Crippen LogP contribution >= 0.6 is 11.6 Å². The lowest BCUT2D eigenvalue weighted by molar-refractivity contribution is -0.134. The molecule has 0 saturated carbocycles. The highest BCUT2D eigenvalue weighted by atomic mass is 35.5. The van der Waals surface area contributed by atoms with E-state index in [1.54, 1.807) is 13.2 Å². The average Bonchev–Trinajstić information content (AvgIpc) is 2.62. The molecule has 1 aromatic rings. The van der Waals surface area contributed by atoms with E-state index in [2.05, 4.69) is 12.2 Å². The maximum Gasteiger partial charge on any atom is 0.227 e. The van der Waals surface area contributed by atoms with Crippen LogP contribution < -0.4 is 10.1 Å². The second-order valence-electron chi connectivity index (χ2n) is 6.55. The first-order chi connectivity index (χ1) is 12.0. The molecule has 0 aliphatic carbocycles. The first kappa shape index (κ1) is 19.6. The van der Waals surface area contributed by atoms with Crippen molar-refractivity contribution in [1.29, 1.82) is 0 Å². The summed E-state index contributed by atoms with van der Waals surface area (Å²) in [5, 5.41) is 3.56. The molecular weight excluding hydrogens is 340 g/mol. The van der Waals surface area contributed by atoms with Crippen LogP contribution in [0.2, 0.25) is 5.02 Å². The van der Waals surface area contributed by atoms with E-state index in [0.29, 0.717) is 48.8 Å². The summed E-state index contributed by atoms with van der Waals surface area (Å²) in [7, 11) is 1.55. The number of nitrogens with zero attached hydrogens (tertiary/aromatic N) is 1. The van der Waals surface area contributed by atoms with Gasteiger partial charge >= 0.3 is 0 Å². The van der Waals surface area contributed by atoms with Gasteiger partial charge in [-0.25, -0.2) is 0 Å². The number of anilines is 1. The molecule has 1 N–H and O–H groups in total. The number of hydrogen-bond acceptors (Lipinski definition) is 3. The highest BCUT2D eigenvalue weighted by molar-refractivity contribution is 6.31. The Bertz CT molecular complexity index is 625. The van der Waals surface area contributed by atoms with Gasteiger partial charge in [0.25, 0.3) is 0 Å². The molecule has 0 spiro atoms. The van der Waals surface area contributed by atoms with Gasteiger partial charge in [0.1, 0.15) is 5.75 Å². The zero-order valence-corrected chi connectivity index (χ0v) is 16.0. The van der Waals surface area contributed by atoms with Crippen molar-refractivity contribution in [2.75, 3.05) is 25.5 Å². The van der Waals surface area contributed by atoms with Gasteiger partial charge < -0.3 is 15.0 Å². The zero-order chi connectivity index (χ0) is 18.4. The Labute approximate surface area is 154 Å². The Hall–Kier alpha value is -1.75. The molecule has 0 aromatic heterocycles. The fraction of sp³-hybridized carbons (Fsp3) is 0.579. The van der Waals surface area contributed by atoms with Gasteiger partial charge in [-0.1, -0.05) is 24.9 Å². The number of rotatable bonds is 6. The number of unbranched alkanes of at least 4 members (excludes halogenated alkanes) is 1. The van der Waals surface area contributed by atoms with Crippen LogP contribution in [0.3, 0.4) is 0 Å². The van der Waals surface area contributed by atoms with Gasteiger partial charge in [0, 0.05) is 36.5 Å². The van der Waals surface area contributed by atoms with E-state index in [1.807, 2.05) is 17.9 Å². The zero-order valence-electron chi connectivity index (χ0n) is 15.2. The Morgan fingerprint density at radius 2 is 2.00 bits per heavy atom. The van der Waals surface area contributed by atoms with E-state index in [1.165, 1.54) is 0 Å². The van der Waals surface area contributed by atoms with Crippen LogP contribution in [-0.2, 0) is 9.59 Å². The molecule has 138 valence electrons. The first-order valence-corrected chi connectivity index (χ1v) is 9.26. The molecule has 1 saturated heterocycles. The number of aryl methyl sites for hydroxylation is 1. The summed E-state index contributed by atoms with van der Waals surface area (Å²) >= 11 is 6.10. The second kappa shape index (κ2) is 9.09. The number of ether oxygens (including phenoxy) is 1. The van der Waals surface area contributed by atoms with Crippen molar-refractivity contribution in [3.63, 3.8) is 0 Å². The first-order valence-electron chi connectivity index (χ1n) is 8.89. The molecule has 1 aliphatic heterocycles. The van der Waals surface area contributed by atoms with Crippen LogP contribution in [0, 0.1) is 12.8 Å². The molecule has 0 bridgehead atoms. The lowest BCUT2D eigenvalue weighted by Gasteiger charge is -2.31. The van der Waals surface area contributed by atoms with Gasteiger partial charge in [0.2, 0.25) is 11.8 Å². The number of hydrogen-bond donors (Lipinski definition) is 1. The van der Waals surface area contributed by atoms with Crippen LogP contribution in [0.1, 0.15) is 44.6 Å². The Morgan fingerprint density at radius 1 is 1.32 bits per heavy atom. The van der Waals surface area contributed by atoms with Crippen molar-refractivity contribution in [2.45, 2.75) is 46.0 Å². The SMILES string of the molecule is CCCCC(=O)N1CCC(C(=O)Nc2cc(C)c(Cl)cc2OC)CC1. The van der Waals surface area contributed by atoms with Crippen molar-refractivity contribution in [1.82, 2.24) is 4.90 Å². The number of piperidine rings is 1. The molecule has 2 rings (SSSR count). The van der Waals surface area contributed by atoms with Gasteiger partial charge in [0.05, 0.1) is 12.8 Å². The molecule has 0 unspecified atom stereocenters. The predicted octanol–water partition coefficient (Wildman–Crippen LogP) is 4.02. The lowest BCUT2D eigenvalue weighted by Crippen LogP contribution is -2.41. The molecule has 1 aromatic carbocycles. The summed E-state index contributed by atoms with van der Waals surface area (Å²) in [6, 6.07) is 3.53. The monoisotopic (exact) mass is 366 g/mol. The smallest absolute Gasteiger partial charge is 0.227 e. The summed E-state index contributed by atoms with van der Waals surface area (Å²) in [6.07, 6.45) is 3.94. The highest BCUT2D eigenvalue weighted by Gasteiger charge is 2.27. The third kappa shape index (κ3) is 5.11. The number of methoxy groups -OCH3 is 1. The van der Waals surface area contributed by atoms with E-state index in [9.17, 15) is 9.59 Å². The van der Waals surface area contributed by atoms with Gasteiger partial charge in [-0.2, -0.15) is 0 Å². The van der Waals surface area contributed by atoms with E-state index in [-0.39, 0.29) is 17.7 Å². The molecule has 25 heavy (non-hydrogen) atoms. The Kier molecular flexibility index (Phi) is 7.12. The third-order valence-corrected chi connectivity index (χ3v) is 5.11. The maximum atomic E-state index is 12.6. The number of nitrogens with one attached hydrogen (secondary N) is 1. The van der Waals surface area contributed by atoms with Crippen LogP contribution in [0.5, 0.6) is 5.75 Å². The quantitative estimate of drug-likeness (QED) is 0.827. The summed E-state index contributed by atoms with van der Waals surface area (Å²) in [5.74, 6) is 0.642. The van der Waals surface area contributed by atoms with E-state index < -0.39 is 0 Å². The van der Waals surface area contributed by atoms with E-state index in [4.69, 9.17) is 16.3 Å². The van der Waals surface area contributed by atoms with E-state index in [0.717, 1.165) is 18.4 Å². The number of carbonyl (C=O) groups is 2. The van der Waals surface area contributed by atoms with Gasteiger partial charge in [-0.15, -0.1) is 0 Å². The molecule has 2 amide bonds. The summed E-state index contributed by atoms with van der Waals surface area (Å²) < 4.78 is 5.30. The Morgan fingerprint density at radius 3 is 2.60 bits per heavy atom. The maximum absolute atomic E-state index is 12.6. The topological polar surface area (TPSA) is 58.6 Å². The predicted molar refractivity (Wildman–Crippen MR) is 100 cm³/mol. The van der Waals surface area contributed by atoms with Crippen molar-refractivity contribution in [2.24, 2.45) is 5.92 Å².